The molecule has 0 fully saturated rings. The molecule has 6 heteroatoms. The van der Waals surface area contributed by atoms with Gasteiger partial charge < -0.3 is 5.32 Å². The Kier molecular flexibility index (Phi) is 6.23. The fourth-order valence-corrected chi connectivity index (χ4v) is 1.66. The number of hydrogen-bond acceptors (Lipinski definition) is 3. The number of hydrogen-bond donors (Lipinski definition) is 3. The van der Waals surface area contributed by atoms with Gasteiger partial charge in [-0.1, -0.05) is 13.8 Å². The summed E-state index contributed by atoms with van der Waals surface area (Å²) in [5, 5.41) is 2.85. The Labute approximate surface area is 80.5 Å². The van der Waals surface area contributed by atoms with Crippen molar-refractivity contribution in [3.05, 3.63) is 0 Å². The zero-order valence-corrected chi connectivity index (χ0v) is 9.24. The first-order chi connectivity index (χ1) is 5.98. The fourth-order valence-electron chi connectivity index (χ4n) is 0.638. The molecule has 0 bridgehead atoms. The van der Waals surface area contributed by atoms with Crippen LogP contribution in [0.3, 0.4) is 0 Å². The van der Waals surface area contributed by atoms with Crippen LogP contribution in [-0.4, -0.2) is 35.1 Å². The maximum atomic E-state index is 11.2. The van der Waals surface area contributed by atoms with Crippen LogP contribution in [0.2, 0.25) is 0 Å². The molecule has 3 N–H and O–H groups in total. The minimum Gasteiger partial charge on any atom is -0.318 e. The molecule has 5 nitrogen and oxygen atoms in total. The number of rotatable bonds is 7. The van der Waals surface area contributed by atoms with Gasteiger partial charge in [-0.25, -0.2) is 9.44 Å². The first-order valence-electron chi connectivity index (χ1n) is 4.37. The standard InChI is InChI=1S/C7H19N3O2S/c1-7(2)6-10-13(11,12)9-5-4-8-3/h7-10H,4-6H2,1-3H3. The van der Waals surface area contributed by atoms with E-state index in [1.807, 2.05) is 13.8 Å². The Hall–Kier alpha value is -0.170. The highest BCUT2D eigenvalue weighted by Crippen LogP contribution is 1.88. The Morgan fingerprint density at radius 1 is 1.15 bits per heavy atom. The lowest BCUT2D eigenvalue weighted by molar-refractivity contribution is 0.546. The maximum Gasteiger partial charge on any atom is 0.276 e. The highest BCUT2D eigenvalue weighted by atomic mass is 32.2. The van der Waals surface area contributed by atoms with Gasteiger partial charge in [0.25, 0.3) is 10.2 Å². The largest absolute Gasteiger partial charge is 0.318 e. The Morgan fingerprint density at radius 2 is 1.77 bits per heavy atom. The molecule has 0 heterocycles. The molecule has 0 aliphatic carbocycles. The first-order valence-corrected chi connectivity index (χ1v) is 5.85. The topological polar surface area (TPSA) is 70.2 Å². The summed E-state index contributed by atoms with van der Waals surface area (Å²) in [4.78, 5) is 0. The van der Waals surface area contributed by atoms with Crippen molar-refractivity contribution < 1.29 is 8.42 Å². The van der Waals surface area contributed by atoms with Gasteiger partial charge in [0, 0.05) is 19.6 Å². The van der Waals surface area contributed by atoms with E-state index in [-0.39, 0.29) is 0 Å². The normalized spacial score (nSPS) is 12.3. The Bertz CT molecular complexity index is 214. The highest BCUT2D eigenvalue weighted by Gasteiger charge is 2.07. The zero-order valence-electron chi connectivity index (χ0n) is 8.42. The summed E-state index contributed by atoms with van der Waals surface area (Å²) in [6.45, 7) is 5.41. The highest BCUT2D eigenvalue weighted by molar-refractivity contribution is 7.87. The van der Waals surface area contributed by atoms with Gasteiger partial charge in [0.15, 0.2) is 0 Å². The lowest BCUT2D eigenvalue weighted by Crippen LogP contribution is -2.40. The molecule has 0 aliphatic rings. The van der Waals surface area contributed by atoms with E-state index in [9.17, 15) is 8.42 Å². The SMILES string of the molecule is CNCCNS(=O)(=O)NCC(C)C. The van der Waals surface area contributed by atoms with Crippen LogP contribution in [0.1, 0.15) is 13.8 Å². The van der Waals surface area contributed by atoms with Gasteiger partial charge in [0.05, 0.1) is 0 Å². The summed E-state index contributed by atoms with van der Waals surface area (Å²) in [5.74, 6) is 0.320. The first kappa shape index (κ1) is 12.8. The molecule has 0 rings (SSSR count). The van der Waals surface area contributed by atoms with E-state index < -0.39 is 10.2 Å². The van der Waals surface area contributed by atoms with Crippen LogP contribution in [0, 0.1) is 5.92 Å². The molecule has 13 heavy (non-hydrogen) atoms. The van der Waals surface area contributed by atoms with Gasteiger partial charge in [-0.15, -0.1) is 0 Å². The predicted octanol–water partition coefficient (Wildman–Crippen LogP) is -0.714. The van der Waals surface area contributed by atoms with Crippen molar-refractivity contribution in [1.29, 1.82) is 0 Å². The average molecular weight is 209 g/mol. The van der Waals surface area contributed by atoms with Gasteiger partial charge in [-0.05, 0) is 13.0 Å². The lowest BCUT2D eigenvalue weighted by atomic mass is 10.2. The molecule has 0 saturated carbocycles. The van der Waals surface area contributed by atoms with Crippen LogP contribution in [-0.2, 0) is 10.2 Å². The van der Waals surface area contributed by atoms with E-state index in [2.05, 4.69) is 14.8 Å². The van der Waals surface area contributed by atoms with E-state index in [0.717, 1.165) is 0 Å². The molecule has 0 unspecified atom stereocenters. The van der Waals surface area contributed by atoms with Gasteiger partial charge >= 0.3 is 0 Å². The maximum absolute atomic E-state index is 11.2. The van der Waals surface area contributed by atoms with E-state index in [0.29, 0.717) is 25.6 Å². The van der Waals surface area contributed by atoms with Crippen molar-refractivity contribution in [3.8, 4) is 0 Å². The van der Waals surface area contributed by atoms with Gasteiger partial charge in [0.1, 0.15) is 0 Å². The molecule has 0 aromatic carbocycles. The second-order valence-corrected chi connectivity index (χ2v) is 4.83. The molecule has 0 amide bonds. The van der Waals surface area contributed by atoms with Gasteiger partial charge in [0.2, 0.25) is 0 Å². The van der Waals surface area contributed by atoms with Crippen molar-refractivity contribution >= 4 is 10.2 Å². The molecule has 0 spiro atoms. The zero-order chi connectivity index (χ0) is 10.3. The van der Waals surface area contributed by atoms with E-state index in [1.165, 1.54) is 0 Å². The molecular formula is C7H19N3O2S. The monoisotopic (exact) mass is 209 g/mol. The summed E-state index contributed by atoms with van der Waals surface area (Å²) in [6, 6.07) is 0. The predicted molar refractivity (Wildman–Crippen MR) is 53.7 cm³/mol. The van der Waals surface area contributed by atoms with Crippen LogP contribution in [0.5, 0.6) is 0 Å². The summed E-state index contributed by atoms with van der Waals surface area (Å²) in [7, 11) is -1.52. The molecule has 0 atom stereocenters. The summed E-state index contributed by atoms with van der Waals surface area (Å²) < 4.78 is 27.2. The molecule has 0 aromatic rings. The van der Waals surface area contributed by atoms with E-state index >= 15 is 0 Å². The molecular weight excluding hydrogens is 190 g/mol. The van der Waals surface area contributed by atoms with Crippen molar-refractivity contribution in [1.82, 2.24) is 14.8 Å². The summed E-state index contributed by atoms with van der Waals surface area (Å²) in [6.07, 6.45) is 0. The van der Waals surface area contributed by atoms with Crippen LogP contribution in [0.15, 0.2) is 0 Å². The summed E-state index contributed by atoms with van der Waals surface area (Å²) >= 11 is 0. The van der Waals surface area contributed by atoms with E-state index in [4.69, 9.17) is 0 Å². The third-order valence-corrected chi connectivity index (χ3v) is 2.48. The quantitative estimate of drug-likeness (QED) is 0.485. The van der Waals surface area contributed by atoms with Crippen LogP contribution < -0.4 is 14.8 Å². The second-order valence-electron chi connectivity index (χ2n) is 3.24. The van der Waals surface area contributed by atoms with Crippen molar-refractivity contribution in [3.63, 3.8) is 0 Å². The summed E-state index contributed by atoms with van der Waals surface area (Å²) in [5.41, 5.74) is 0. The smallest absolute Gasteiger partial charge is 0.276 e. The Balaban J connectivity index is 3.68. The molecule has 0 aliphatic heterocycles. The van der Waals surface area contributed by atoms with Crippen LogP contribution in [0.25, 0.3) is 0 Å². The second kappa shape index (κ2) is 6.31. The molecule has 0 aromatic heterocycles. The van der Waals surface area contributed by atoms with Crippen LogP contribution >= 0.6 is 0 Å². The third kappa shape index (κ3) is 8.17. The lowest BCUT2D eigenvalue weighted by Gasteiger charge is -2.09. The van der Waals surface area contributed by atoms with Gasteiger partial charge in [-0.3, -0.25) is 0 Å². The molecule has 0 radical (unpaired) electrons. The number of likely N-dealkylation sites (N-methyl/N-ethyl adjacent to an activating group) is 1. The molecule has 80 valence electrons. The van der Waals surface area contributed by atoms with E-state index in [1.54, 1.807) is 7.05 Å². The Morgan fingerprint density at radius 3 is 2.23 bits per heavy atom. The third-order valence-electron chi connectivity index (χ3n) is 1.35. The van der Waals surface area contributed by atoms with Crippen molar-refractivity contribution in [2.75, 3.05) is 26.7 Å². The average Bonchev–Trinajstić information content (AvgIpc) is 2.02. The van der Waals surface area contributed by atoms with Crippen molar-refractivity contribution in [2.45, 2.75) is 13.8 Å². The van der Waals surface area contributed by atoms with Crippen molar-refractivity contribution in [2.24, 2.45) is 5.92 Å². The number of nitrogens with one attached hydrogen (secondary N) is 3. The van der Waals surface area contributed by atoms with Gasteiger partial charge in [-0.2, -0.15) is 8.42 Å². The fraction of sp³-hybridized carbons (Fsp3) is 1.00. The minimum atomic E-state index is -3.29. The van der Waals surface area contributed by atoms with Crippen LogP contribution in [0.4, 0.5) is 0 Å². The molecule has 0 saturated heterocycles. The minimum absolute atomic E-state index is 0.320.